The van der Waals surface area contributed by atoms with Crippen LogP contribution in [0.4, 0.5) is 0 Å². The number of nitrogens with two attached hydrogens (primary N) is 3. The molecule has 3 atom stereocenters. The van der Waals surface area contributed by atoms with Crippen molar-refractivity contribution >= 4 is 41.5 Å². The first-order valence-corrected chi connectivity index (χ1v) is 9.48. The molecule has 15 nitrogen and oxygen atoms in total. The molecule has 3 unspecified atom stereocenters. The first-order valence-electron chi connectivity index (χ1n) is 9.48. The topological polar surface area (TPSA) is 274 Å². The van der Waals surface area contributed by atoms with Crippen LogP contribution in [0.5, 0.6) is 0 Å². The molecule has 0 aliphatic heterocycles. The summed E-state index contributed by atoms with van der Waals surface area (Å²) in [6, 6.07) is -4.33. The fourth-order valence-corrected chi connectivity index (χ4v) is 2.43. The Labute approximate surface area is 182 Å². The van der Waals surface area contributed by atoms with Crippen LogP contribution in [0.1, 0.15) is 38.5 Å². The Morgan fingerprint density at radius 1 is 0.656 bits per heavy atom. The van der Waals surface area contributed by atoms with Crippen molar-refractivity contribution in [1.82, 2.24) is 16.0 Å². The van der Waals surface area contributed by atoms with Gasteiger partial charge >= 0.3 is 11.9 Å². The zero-order valence-corrected chi connectivity index (χ0v) is 17.2. The maximum absolute atomic E-state index is 12.6. The molecule has 0 aliphatic rings. The van der Waals surface area contributed by atoms with Gasteiger partial charge in [-0.05, 0) is 19.3 Å². The van der Waals surface area contributed by atoms with E-state index in [2.05, 4.69) is 16.0 Å². The molecule has 0 aliphatic carbocycles. The Morgan fingerprint density at radius 3 is 1.47 bits per heavy atom. The second kappa shape index (κ2) is 14.3. The van der Waals surface area contributed by atoms with Crippen LogP contribution in [0.3, 0.4) is 0 Å². The van der Waals surface area contributed by atoms with E-state index in [0.717, 1.165) is 0 Å². The second-order valence-corrected chi connectivity index (χ2v) is 6.73. The van der Waals surface area contributed by atoms with Gasteiger partial charge in [0.25, 0.3) is 0 Å². The van der Waals surface area contributed by atoms with E-state index in [1.807, 2.05) is 0 Å². The number of primary amides is 2. The Morgan fingerprint density at radius 2 is 1.06 bits per heavy atom. The molecule has 32 heavy (non-hydrogen) atoms. The third-order valence-corrected chi connectivity index (χ3v) is 4.09. The van der Waals surface area contributed by atoms with E-state index in [-0.39, 0.29) is 32.1 Å². The number of carboxylic acids is 2. The molecule has 0 rings (SSSR count). The summed E-state index contributed by atoms with van der Waals surface area (Å²) < 4.78 is 0. The molecule has 0 saturated carbocycles. The van der Waals surface area contributed by atoms with E-state index in [9.17, 15) is 38.7 Å². The summed E-state index contributed by atoms with van der Waals surface area (Å²) in [4.78, 5) is 80.8. The zero-order valence-electron chi connectivity index (χ0n) is 17.2. The fourth-order valence-electron chi connectivity index (χ4n) is 2.43. The van der Waals surface area contributed by atoms with Crippen molar-refractivity contribution in [2.24, 2.45) is 17.2 Å². The minimum absolute atomic E-state index is 0.314. The number of carboxylic acid groups (broad SMARTS) is 2. The fraction of sp³-hybridized carbons (Fsp3) is 0.588. The minimum Gasteiger partial charge on any atom is -0.481 e. The quantitative estimate of drug-likeness (QED) is 0.110. The number of aliphatic carboxylic acids is 2. The van der Waals surface area contributed by atoms with Crippen LogP contribution in [-0.2, 0) is 33.6 Å². The van der Waals surface area contributed by atoms with Crippen molar-refractivity contribution in [3.8, 4) is 0 Å². The smallest absolute Gasteiger partial charge is 0.326 e. The lowest BCUT2D eigenvalue weighted by molar-refractivity contribution is -0.142. The Balaban J connectivity index is 5.47. The summed E-state index contributed by atoms with van der Waals surface area (Å²) in [5.74, 6) is -7.02. The van der Waals surface area contributed by atoms with Gasteiger partial charge in [-0.1, -0.05) is 0 Å². The molecule has 0 fully saturated rings. The SMILES string of the molecule is NCC(=O)NC(CCC(=O)O)C(=O)NC(CCC(N)=O)C(=O)NC(CCC(N)=O)C(=O)O. The summed E-state index contributed by atoms with van der Waals surface area (Å²) in [5.41, 5.74) is 15.2. The van der Waals surface area contributed by atoms with Crippen LogP contribution in [0.15, 0.2) is 0 Å². The van der Waals surface area contributed by atoms with Crippen molar-refractivity contribution in [2.45, 2.75) is 56.7 Å². The van der Waals surface area contributed by atoms with Crippen LogP contribution in [0, 0.1) is 0 Å². The lowest BCUT2D eigenvalue weighted by Gasteiger charge is -2.24. The normalized spacial score (nSPS) is 13.2. The number of carbonyl (C=O) groups excluding carboxylic acids is 5. The molecule has 180 valence electrons. The predicted octanol–water partition coefficient (Wildman–Crippen LogP) is -4.12. The van der Waals surface area contributed by atoms with Gasteiger partial charge < -0.3 is 43.4 Å². The summed E-state index contributed by atoms with van der Waals surface area (Å²) in [6.07, 6.45) is -2.14. The molecule has 0 saturated heterocycles. The molecule has 0 radical (unpaired) electrons. The monoisotopic (exact) mass is 460 g/mol. The van der Waals surface area contributed by atoms with Crippen LogP contribution in [0.25, 0.3) is 0 Å². The predicted molar refractivity (Wildman–Crippen MR) is 106 cm³/mol. The molecular weight excluding hydrogens is 432 g/mol. The molecule has 0 aromatic carbocycles. The van der Waals surface area contributed by atoms with E-state index < -0.39 is 72.6 Å². The summed E-state index contributed by atoms with van der Waals surface area (Å²) in [6.45, 7) is -0.484. The molecular formula is C17H28N6O9. The number of rotatable bonds is 16. The highest BCUT2D eigenvalue weighted by atomic mass is 16.4. The summed E-state index contributed by atoms with van der Waals surface area (Å²) in [7, 11) is 0. The molecule has 5 amide bonds. The highest BCUT2D eigenvalue weighted by Crippen LogP contribution is 2.05. The summed E-state index contributed by atoms with van der Waals surface area (Å²) >= 11 is 0. The van der Waals surface area contributed by atoms with Crippen LogP contribution in [-0.4, -0.2) is 76.4 Å². The molecule has 15 heteroatoms. The zero-order chi connectivity index (χ0) is 24.8. The minimum atomic E-state index is -1.51. The highest BCUT2D eigenvalue weighted by molar-refractivity contribution is 5.94. The van der Waals surface area contributed by atoms with Gasteiger partial charge in [-0.15, -0.1) is 0 Å². The average molecular weight is 460 g/mol. The van der Waals surface area contributed by atoms with Gasteiger partial charge in [0.2, 0.25) is 29.5 Å². The Hall–Kier alpha value is -3.75. The standard InChI is InChI=1S/C17H28N6O9/c18-7-13(26)21-8(3-6-14(27)28)15(29)22-9(1-4-11(19)24)16(30)23-10(17(31)32)2-5-12(20)25/h8-10H,1-7,18H2,(H2,19,24)(H2,20,25)(H,21,26)(H,22,29)(H,23,30)(H,27,28)(H,31,32). The highest BCUT2D eigenvalue weighted by Gasteiger charge is 2.30. The van der Waals surface area contributed by atoms with Gasteiger partial charge in [-0.3, -0.25) is 28.8 Å². The molecule has 0 aromatic heterocycles. The van der Waals surface area contributed by atoms with Crippen molar-refractivity contribution in [2.75, 3.05) is 6.54 Å². The molecule has 11 N–H and O–H groups in total. The van der Waals surface area contributed by atoms with Gasteiger partial charge in [-0.2, -0.15) is 0 Å². The molecule has 0 spiro atoms. The number of nitrogens with one attached hydrogen (secondary N) is 3. The van der Waals surface area contributed by atoms with E-state index in [1.54, 1.807) is 0 Å². The number of amides is 5. The van der Waals surface area contributed by atoms with Crippen LogP contribution in [0.2, 0.25) is 0 Å². The summed E-state index contributed by atoms with van der Waals surface area (Å²) in [5, 5.41) is 24.6. The lowest BCUT2D eigenvalue weighted by atomic mass is 10.1. The van der Waals surface area contributed by atoms with Gasteiger partial charge in [0, 0.05) is 19.3 Å². The van der Waals surface area contributed by atoms with Crippen LogP contribution < -0.4 is 33.2 Å². The Kier molecular flexibility index (Phi) is 12.6. The lowest BCUT2D eigenvalue weighted by Crippen LogP contribution is -2.56. The van der Waals surface area contributed by atoms with Gasteiger partial charge in [0.1, 0.15) is 18.1 Å². The van der Waals surface area contributed by atoms with Gasteiger partial charge in [0.05, 0.1) is 6.54 Å². The Bertz CT molecular complexity index is 742. The third kappa shape index (κ3) is 12.1. The van der Waals surface area contributed by atoms with Crippen molar-refractivity contribution in [1.29, 1.82) is 0 Å². The first kappa shape index (κ1) is 28.2. The average Bonchev–Trinajstić information content (AvgIpc) is 2.69. The molecule has 0 bridgehead atoms. The van der Waals surface area contributed by atoms with E-state index in [0.29, 0.717) is 0 Å². The molecule has 0 aromatic rings. The van der Waals surface area contributed by atoms with Crippen LogP contribution >= 0.6 is 0 Å². The number of hydrogen-bond donors (Lipinski definition) is 8. The van der Waals surface area contributed by atoms with Gasteiger partial charge in [0.15, 0.2) is 0 Å². The maximum atomic E-state index is 12.6. The van der Waals surface area contributed by atoms with E-state index >= 15 is 0 Å². The molecule has 0 heterocycles. The van der Waals surface area contributed by atoms with E-state index in [1.165, 1.54) is 0 Å². The second-order valence-electron chi connectivity index (χ2n) is 6.73. The first-order chi connectivity index (χ1) is 14.9. The third-order valence-electron chi connectivity index (χ3n) is 4.09. The largest absolute Gasteiger partial charge is 0.481 e. The van der Waals surface area contributed by atoms with Gasteiger partial charge in [-0.25, -0.2) is 4.79 Å². The number of hydrogen-bond acceptors (Lipinski definition) is 8. The maximum Gasteiger partial charge on any atom is 0.326 e. The van der Waals surface area contributed by atoms with Crippen molar-refractivity contribution < 1.29 is 43.8 Å². The van der Waals surface area contributed by atoms with Crippen molar-refractivity contribution in [3.05, 3.63) is 0 Å². The van der Waals surface area contributed by atoms with E-state index in [4.69, 9.17) is 22.3 Å². The number of carbonyl (C=O) groups is 7. The van der Waals surface area contributed by atoms with Crippen molar-refractivity contribution in [3.63, 3.8) is 0 Å².